The van der Waals surface area contributed by atoms with Crippen LogP contribution in [-0.4, -0.2) is 58.3 Å². The maximum atomic E-state index is 13.1. The Labute approximate surface area is 168 Å². The van der Waals surface area contributed by atoms with Crippen LogP contribution in [0, 0.1) is 0 Å². The zero-order valence-corrected chi connectivity index (χ0v) is 16.5. The summed E-state index contributed by atoms with van der Waals surface area (Å²) in [6, 6.07) is 11.6. The van der Waals surface area contributed by atoms with E-state index in [1.807, 2.05) is 35.2 Å². The number of likely N-dealkylation sites (tertiary alicyclic amines) is 1. The van der Waals surface area contributed by atoms with E-state index in [0.29, 0.717) is 30.2 Å². The highest BCUT2D eigenvalue weighted by molar-refractivity contribution is 5.99. The van der Waals surface area contributed by atoms with Crippen molar-refractivity contribution in [2.45, 2.75) is 18.8 Å². The van der Waals surface area contributed by atoms with Gasteiger partial charge in [0.1, 0.15) is 17.1 Å². The summed E-state index contributed by atoms with van der Waals surface area (Å²) in [4.78, 5) is 23.7. The van der Waals surface area contributed by atoms with Gasteiger partial charge in [0.25, 0.3) is 5.91 Å². The number of aromatic nitrogens is 4. The van der Waals surface area contributed by atoms with Crippen LogP contribution < -0.4 is 9.47 Å². The van der Waals surface area contributed by atoms with Crippen molar-refractivity contribution in [2.24, 2.45) is 0 Å². The minimum atomic E-state index is -0.132. The summed E-state index contributed by atoms with van der Waals surface area (Å²) in [5.74, 6) is 2.41. The number of H-pyrrole nitrogens is 1. The van der Waals surface area contributed by atoms with Crippen molar-refractivity contribution in [3.8, 4) is 23.0 Å². The van der Waals surface area contributed by atoms with E-state index < -0.39 is 0 Å². The molecule has 1 N–H and O–H groups in total. The van der Waals surface area contributed by atoms with E-state index in [1.54, 1.807) is 12.3 Å². The zero-order chi connectivity index (χ0) is 20.2. The Morgan fingerprint density at radius 3 is 2.55 bits per heavy atom. The Bertz CT molecular complexity index is 959. The number of amides is 1. The minimum absolute atomic E-state index is 0.132. The number of ether oxygens (including phenoxy) is 2. The molecule has 1 amide bonds. The van der Waals surface area contributed by atoms with E-state index >= 15 is 0 Å². The van der Waals surface area contributed by atoms with Gasteiger partial charge in [-0.15, -0.1) is 0 Å². The van der Waals surface area contributed by atoms with Gasteiger partial charge >= 0.3 is 0 Å². The monoisotopic (exact) mass is 393 g/mol. The number of nitrogens with zero attached hydrogens (tertiary/aromatic N) is 4. The lowest BCUT2D eigenvalue weighted by atomic mass is 9.95. The molecule has 0 radical (unpaired) electrons. The molecule has 150 valence electrons. The van der Waals surface area contributed by atoms with Crippen molar-refractivity contribution in [3.63, 3.8) is 0 Å². The molecule has 0 aliphatic carbocycles. The average molecular weight is 393 g/mol. The zero-order valence-electron chi connectivity index (χ0n) is 16.5. The summed E-state index contributed by atoms with van der Waals surface area (Å²) in [7, 11) is 3.03. The molecule has 0 unspecified atom stereocenters. The van der Waals surface area contributed by atoms with Crippen LogP contribution in [-0.2, 0) is 0 Å². The van der Waals surface area contributed by atoms with Crippen LogP contribution in [0.1, 0.15) is 34.9 Å². The van der Waals surface area contributed by atoms with Crippen LogP contribution in [0.2, 0.25) is 0 Å². The molecule has 0 spiro atoms. The van der Waals surface area contributed by atoms with Gasteiger partial charge in [-0.05, 0) is 18.9 Å². The molecule has 0 atom stereocenters. The molecule has 1 aliphatic heterocycles. The van der Waals surface area contributed by atoms with Crippen LogP contribution in [0.4, 0.5) is 0 Å². The first-order valence-electron chi connectivity index (χ1n) is 9.55. The van der Waals surface area contributed by atoms with E-state index in [1.165, 1.54) is 14.2 Å². The van der Waals surface area contributed by atoms with Crippen molar-refractivity contribution in [1.82, 2.24) is 25.1 Å². The van der Waals surface area contributed by atoms with Gasteiger partial charge in [-0.25, -0.2) is 9.97 Å². The van der Waals surface area contributed by atoms with Crippen LogP contribution in [0.15, 0.2) is 42.6 Å². The maximum Gasteiger partial charge on any atom is 0.263 e. The first-order chi connectivity index (χ1) is 14.2. The van der Waals surface area contributed by atoms with Gasteiger partial charge in [0.2, 0.25) is 5.88 Å². The molecule has 3 heterocycles. The van der Waals surface area contributed by atoms with E-state index in [2.05, 4.69) is 20.2 Å². The lowest BCUT2D eigenvalue weighted by Crippen LogP contribution is -2.38. The number of nitrogens with one attached hydrogen (secondary N) is 1. The summed E-state index contributed by atoms with van der Waals surface area (Å²) < 4.78 is 10.6. The molecular weight excluding hydrogens is 370 g/mol. The summed E-state index contributed by atoms with van der Waals surface area (Å²) in [5, 5.41) is 7.42. The minimum Gasteiger partial charge on any atom is -0.496 e. The first kappa shape index (κ1) is 18.9. The number of benzene rings is 1. The third-order valence-corrected chi connectivity index (χ3v) is 5.21. The largest absolute Gasteiger partial charge is 0.496 e. The molecule has 2 aromatic heterocycles. The molecular formula is C21H23N5O3. The SMILES string of the molecule is COc1ccnc(OC)c1C(=O)N1CCC(c2nc(-c3ccccc3)n[nH]2)CC1. The predicted octanol–water partition coefficient (Wildman–Crippen LogP) is 2.90. The normalized spacial score (nSPS) is 14.6. The van der Waals surface area contributed by atoms with Crippen LogP contribution in [0.3, 0.4) is 0 Å². The van der Waals surface area contributed by atoms with Crippen LogP contribution in [0.25, 0.3) is 11.4 Å². The van der Waals surface area contributed by atoms with E-state index in [-0.39, 0.29) is 17.7 Å². The fourth-order valence-corrected chi connectivity index (χ4v) is 3.64. The summed E-state index contributed by atoms with van der Waals surface area (Å²) in [6.45, 7) is 1.23. The van der Waals surface area contributed by atoms with Crippen molar-refractivity contribution in [1.29, 1.82) is 0 Å². The smallest absolute Gasteiger partial charge is 0.263 e. The number of aromatic amines is 1. The van der Waals surface area contributed by atoms with Gasteiger partial charge < -0.3 is 14.4 Å². The number of rotatable bonds is 5. The second kappa shape index (κ2) is 8.30. The van der Waals surface area contributed by atoms with Crippen LogP contribution >= 0.6 is 0 Å². The van der Waals surface area contributed by atoms with E-state index in [9.17, 15) is 4.79 Å². The van der Waals surface area contributed by atoms with Gasteiger partial charge in [0.05, 0.1) is 14.2 Å². The van der Waals surface area contributed by atoms with Crippen molar-refractivity contribution in [2.75, 3.05) is 27.3 Å². The number of piperidine rings is 1. The number of methoxy groups -OCH3 is 2. The quantitative estimate of drug-likeness (QED) is 0.716. The number of carbonyl (C=O) groups excluding carboxylic acids is 1. The fourth-order valence-electron chi connectivity index (χ4n) is 3.64. The highest BCUT2D eigenvalue weighted by Crippen LogP contribution is 2.31. The molecule has 8 heteroatoms. The second-order valence-corrected chi connectivity index (χ2v) is 6.87. The molecule has 29 heavy (non-hydrogen) atoms. The third-order valence-electron chi connectivity index (χ3n) is 5.21. The van der Waals surface area contributed by atoms with Gasteiger partial charge in [0.15, 0.2) is 5.82 Å². The molecule has 3 aromatic rings. The standard InChI is InChI=1S/C21H23N5O3/c1-28-16-8-11-22-20(29-2)17(16)21(27)26-12-9-15(10-13-26)19-23-18(24-25-19)14-6-4-3-5-7-14/h3-8,11,15H,9-10,12-13H2,1-2H3,(H,23,24,25). The highest BCUT2D eigenvalue weighted by atomic mass is 16.5. The number of carbonyl (C=O) groups is 1. The van der Waals surface area contributed by atoms with Gasteiger partial charge in [-0.3, -0.25) is 9.89 Å². The topological polar surface area (TPSA) is 93.2 Å². The van der Waals surface area contributed by atoms with Gasteiger partial charge in [0, 0.05) is 30.8 Å². The van der Waals surface area contributed by atoms with E-state index in [4.69, 9.17) is 9.47 Å². The maximum absolute atomic E-state index is 13.1. The molecule has 4 rings (SSSR count). The predicted molar refractivity (Wildman–Crippen MR) is 107 cm³/mol. The molecule has 1 saturated heterocycles. The summed E-state index contributed by atoms with van der Waals surface area (Å²) in [6.07, 6.45) is 3.18. The lowest BCUT2D eigenvalue weighted by molar-refractivity contribution is 0.0703. The Balaban J connectivity index is 1.45. The Morgan fingerprint density at radius 2 is 1.86 bits per heavy atom. The summed E-state index contributed by atoms with van der Waals surface area (Å²) >= 11 is 0. The average Bonchev–Trinajstić information content (AvgIpc) is 3.29. The molecule has 0 saturated carbocycles. The van der Waals surface area contributed by atoms with Crippen LogP contribution in [0.5, 0.6) is 11.6 Å². The first-order valence-corrected chi connectivity index (χ1v) is 9.55. The second-order valence-electron chi connectivity index (χ2n) is 6.87. The molecule has 8 nitrogen and oxygen atoms in total. The van der Waals surface area contributed by atoms with Gasteiger partial charge in [-0.1, -0.05) is 30.3 Å². The van der Waals surface area contributed by atoms with Crippen molar-refractivity contribution >= 4 is 5.91 Å². The van der Waals surface area contributed by atoms with Crippen molar-refractivity contribution < 1.29 is 14.3 Å². The molecule has 1 aromatic carbocycles. The van der Waals surface area contributed by atoms with Crippen molar-refractivity contribution in [3.05, 3.63) is 54.0 Å². The summed E-state index contributed by atoms with van der Waals surface area (Å²) in [5.41, 5.74) is 1.35. The number of pyridine rings is 1. The fraction of sp³-hybridized carbons (Fsp3) is 0.333. The molecule has 0 bridgehead atoms. The highest BCUT2D eigenvalue weighted by Gasteiger charge is 2.30. The Morgan fingerprint density at radius 1 is 1.10 bits per heavy atom. The molecule has 1 fully saturated rings. The number of hydrogen-bond acceptors (Lipinski definition) is 6. The lowest BCUT2D eigenvalue weighted by Gasteiger charge is -2.31. The molecule has 1 aliphatic rings. The Kier molecular flexibility index (Phi) is 5.41. The van der Waals surface area contributed by atoms with Gasteiger partial charge in [-0.2, -0.15) is 5.10 Å². The Hall–Kier alpha value is -3.42. The van der Waals surface area contributed by atoms with E-state index in [0.717, 1.165) is 24.2 Å². The third kappa shape index (κ3) is 3.78. The number of hydrogen-bond donors (Lipinski definition) is 1.